The molecule has 5 nitrogen and oxygen atoms in total. The van der Waals surface area contributed by atoms with Crippen LogP contribution in [0.15, 0.2) is 11.6 Å². The van der Waals surface area contributed by atoms with Crippen LogP contribution in [0.2, 0.25) is 0 Å². The van der Waals surface area contributed by atoms with E-state index < -0.39 is 11.0 Å². The number of allylic oxidation sites excluding steroid dienone is 2. The third kappa shape index (κ3) is 1.61. The Morgan fingerprint density at radius 1 is 0.923 bits per heavy atom. The van der Waals surface area contributed by atoms with Crippen molar-refractivity contribution in [1.29, 1.82) is 26.3 Å². The molecule has 0 aliphatic rings. The Bertz CT molecular complexity index is 401. The Labute approximate surface area is 74.6 Å². The molecule has 0 rings (SSSR count). The molecule has 13 heavy (non-hydrogen) atoms. The maximum atomic E-state index is 8.51. The zero-order valence-electron chi connectivity index (χ0n) is 6.31. The first kappa shape index (κ1) is 10.2. The number of rotatable bonds is 1. The van der Waals surface area contributed by atoms with E-state index >= 15 is 0 Å². The van der Waals surface area contributed by atoms with E-state index in [1.165, 1.54) is 30.3 Å². The molecule has 0 bridgehead atoms. The molecule has 0 fully saturated rings. The number of nitrogens with zero attached hydrogens (tertiary/aromatic N) is 5. The van der Waals surface area contributed by atoms with Gasteiger partial charge in [-0.15, -0.1) is 0 Å². The van der Waals surface area contributed by atoms with E-state index in [0.29, 0.717) is 0 Å². The molecule has 0 aliphatic heterocycles. The van der Waals surface area contributed by atoms with Gasteiger partial charge in [0.25, 0.3) is 5.41 Å². The smallest absolute Gasteiger partial charge is 0.195 e. The van der Waals surface area contributed by atoms with Gasteiger partial charge in [0.1, 0.15) is 18.2 Å². The summed E-state index contributed by atoms with van der Waals surface area (Å²) in [6.45, 7) is 0. The molecule has 0 heterocycles. The largest absolute Gasteiger partial charge is 0.263 e. The molecule has 0 amide bonds. The molecule has 0 radical (unpaired) electrons. The lowest BCUT2D eigenvalue weighted by molar-refractivity contribution is 0.836. The maximum absolute atomic E-state index is 8.51. The topological polar surface area (TPSA) is 119 Å². The fraction of sp³-hybridized carbons (Fsp3) is 0.125. The molecule has 0 aliphatic carbocycles. The van der Waals surface area contributed by atoms with Crippen LogP contribution in [-0.4, -0.2) is 0 Å². The quantitative estimate of drug-likeness (QED) is 0.527. The number of hydrogen-bond donors (Lipinski definition) is 0. The highest BCUT2D eigenvalue weighted by Crippen LogP contribution is 2.23. The van der Waals surface area contributed by atoms with Crippen LogP contribution in [0.1, 0.15) is 0 Å². The lowest BCUT2D eigenvalue weighted by atomic mass is 9.85. The molecule has 0 aromatic heterocycles. The molecule has 0 atom stereocenters. The SMILES string of the molecule is N#CC=C(C#N)C(C#N)(C#N)C#N. The fourth-order valence-electron chi connectivity index (χ4n) is 0.545. The van der Waals surface area contributed by atoms with Gasteiger partial charge in [0, 0.05) is 6.08 Å². The Kier molecular flexibility index (Phi) is 3.25. The van der Waals surface area contributed by atoms with Crippen molar-refractivity contribution in [3.05, 3.63) is 11.6 Å². The molecular formula is C8HN5. The highest BCUT2D eigenvalue weighted by molar-refractivity contribution is 5.49. The summed E-state index contributed by atoms with van der Waals surface area (Å²) in [5, 5.41) is 42.2. The summed E-state index contributed by atoms with van der Waals surface area (Å²) < 4.78 is 0. The van der Waals surface area contributed by atoms with Gasteiger partial charge >= 0.3 is 0 Å². The van der Waals surface area contributed by atoms with E-state index in [2.05, 4.69) is 0 Å². The summed E-state index contributed by atoms with van der Waals surface area (Å²) in [5.74, 6) is 0. The number of hydrogen-bond acceptors (Lipinski definition) is 5. The van der Waals surface area contributed by atoms with Crippen molar-refractivity contribution in [1.82, 2.24) is 0 Å². The average molecular weight is 167 g/mol. The van der Waals surface area contributed by atoms with E-state index in [-0.39, 0.29) is 0 Å². The minimum Gasteiger partial charge on any atom is -0.195 e. The Hall–Kier alpha value is -2.81. The van der Waals surface area contributed by atoms with Gasteiger partial charge in [0.2, 0.25) is 0 Å². The van der Waals surface area contributed by atoms with Crippen LogP contribution in [0.5, 0.6) is 0 Å². The second-order valence-corrected chi connectivity index (χ2v) is 1.88. The van der Waals surface area contributed by atoms with Gasteiger partial charge in [0.15, 0.2) is 0 Å². The summed E-state index contributed by atoms with van der Waals surface area (Å²) in [5.41, 5.74) is -2.62. The third-order valence-corrected chi connectivity index (χ3v) is 1.24. The average Bonchev–Trinajstić information content (AvgIpc) is 2.19. The summed E-state index contributed by atoms with van der Waals surface area (Å²) in [4.78, 5) is 0. The fourth-order valence-corrected chi connectivity index (χ4v) is 0.545. The van der Waals surface area contributed by atoms with Crippen LogP contribution in [0.3, 0.4) is 0 Å². The molecule has 0 N–H and O–H groups in total. The summed E-state index contributed by atoms with van der Waals surface area (Å²) >= 11 is 0. The lowest BCUT2D eigenvalue weighted by Crippen LogP contribution is -2.15. The molecule has 0 unspecified atom stereocenters. The molecular weight excluding hydrogens is 166 g/mol. The Balaban J connectivity index is 5.57. The normalized spacial score (nSPS) is 9.62. The van der Waals surface area contributed by atoms with Gasteiger partial charge in [-0.2, -0.15) is 26.3 Å². The highest BCUT2D eigenvalue weighted by Gasteiger charge is 2.35. The van der Waals surface area contributed by atoms with E-state index in [1.54, 1.807) is 0 Å². The second kappa shape index (κ2) is 4.15. The summed E-state index contributed by atoms with van der Waals surface area (Å²) in [6, 6.07) is 7.12. The summed E-state index contributed by atoms with van der Waals surface area (Å²) in [6.07, 6.45) is 0.718. The monoisotopic (exact) mass is 167 g/mol. The van der Waals surface area contributed by atoms with Crippen LogP contribution in [0, 0.1) is 62.1 Å². The van der Waals surface area contributed by atoms with Gasteiger partial charge in [-0.05, 0) is 0 Å². The lowest BCUT2D eigenvalue weighted by Gasteiger charge is -2.04. The van der Waals surface area contributed by atoms with E-state index in [0.717, 1.165) is 6.08 Å². The van der Waals surface area contributed by atoms with Crippen molar-refractivity contribution < 1.29 is 0 Å². The number of nitriles is 5. The van der Waals surface area contributed by atoms with Crippen molar-refractivity contribution in [2.24, 2.45) is 5.41 Å². The second-order valence-electron chi connectivity index (χ2n) is 1.88. The zero-order chi connectivity index (χ0) is 10.3. The van der Waals surface area contributed by atoms with Crippen LogP contribution in [0.4, 0.5) is 0 Å². The molecule has 0 saturated carbocycles. The van der Waals surface area contributed by atoms with Crippen molar-refractivity contribution >= 4 is 0 Å². The minimum absolute atomic E-state index is 0.456. The first-order valence-electron chi connectivity index (χ1n) is 2.95. The Morgan fingerprint density at radius 2 is 1.38 bits per heavy atom. The van der Waals surface area contributed by atoms with Crippen molar-refractivity contribution in [2.45, 2.75) is 0 Å². The minimum atomic E-state index is -2.16. The zero-order valence-corrected chi connectivity index (χ0v) is 6.31. The first-order chi connectivity index (χ1) is 6.20. The molecule has 58 valence electrons. The first-order valence-corrected chi connectivity index (χ1v) is 2.95. The van der Waals surface area contributed by atoms with E-state index in [4.69, 9.17) is 26.3 Å². The van der Waals surface area contributed by atoms with Crippen LogP contribution in [-0.2, 0) is 0 Å². The van der Waals surface area contributed by atoms with Gasteiger partial charge in [0.05, 0.1) is 17.7 Å². The summed E-state index contributed by atoms with van der Waals surface area (Å²) in [7, 11) is 0. The molecule has 5 heteroatoms. The van der Waals surface area contributed by atoms with Crippen LogP contribution < -0.4 is 0 Å². The van der Waals surface area contributed by atoms with Gasteiger partial charge in [-0.1, -0.05) is 0 Å². The molecule has 0 aromatic rings. The Morgan fingerprint density at radius 3 is 1.62 bits per heavy atom. The van der Waals surface area contributed by atoms with Gasteiger partial charge in [-0.3, -0.25) is 0 Å². The maximum Gasteiger partial charge on any atom is 0.263 e. The van der Waals surface area contributed by atoms with E-state index in [1.807, 2.05) is 0 Å². The standard InChI is InChI=1S/C8HN5/c9-2-1-7(3-10)8(4-11,5-12)6-13/h1H. The van der Waals surface area contributed by atoms with Crippen LogP contribution >= 0.6 is 0 Å². The predicted octanol–water partition coefficient (Wildman–Crippen LogP) is 0.517. The molecule has 0 spiro atoms. The van der Waals surface area contributed by atoms with Crippen molar-refractivity contribution in [2.75, 3.05) is 0 Å². The molecule has 0 saturated heterocycles. The van der Waals surface area contributed by atoms with Gasteiger partial charge < -0.3 is 0 Å². The molecule has 0 aromatic carbocycles. The van der Waals surface area contributed by atoms with Gasteiger partial charge in [-0.25, -0.2) is 0 Å². The predicted molar refractivity (Wildman–Crippen MR) is 38.6 cm³/mol. The van der Waals surface area contributed by atoms with Crippen LogP contribution in [0.25, 0.3) is 0 Å². The van der Waals surface area contributed by atoms with E-state index in [9.17, 15) is 0 Å². The van der Waals surface area contributed by atoms with Crippen molar-refractivity contribution in [3.8, 4) is 30.3 Å². The highest BCUT2D eigenvalue weighted by atomic mass is 14.5. The van der Waals surface area contributed by atoms with Crippen molar-refractivity contribution in [3.63, 3.8) is 0 Å². The third-order valence-electron chi connectivity index (χ3n) is 1.24.